The molecule has 0 aromatic heterocycles. The van der Waals surface area contributed by atoms with E-state index in [1.807, 2.05) is 0 Å². The van der Waals surface area contributed by atoms with E-state index in [0.29, 0.717) is 25.8 Å². The van der Waals surface area contributed by atoms with Crippen molar-refractivity contribution >= 4 is 61.4 Å². The molecule has 0 aromatic carbocycles. The van der Waals surface area contributed by atoms with Crippen LogP contribution in [0.3, 0.4) is 0 Å². The van der Waals surface area contributed by atoms with E-state index >= 15 is 0 Å². The summed E-state index contributed by atoms with van der Waals surface area (Å²) in [5, 5.41) is 114. The molecule has 40 heteroatoms. The Balaban J connectivity index is 1.64. The zero-order chi connectivity index (χ0) is 71.8. The molecular formula is C57H102N9O30P. The molecule has 0 radical (unpaired) electrons. The number of unbranched alkanes of at least 4 members (excludes halogenated alkanes) is 3. The van der Waals surface area contributed by atoms with Crippen molar-refractivity contribution in [1.29, 1.82) is 0 Å². The Hall–Kier alpha value is -5.34. The average Bonchev–Trinajstić information content (AvgIpc) is 0.846. The van der Waals surface area contributed by atoms with Gasteiger partial charge in [-0.05, 0) is 32.1 Å². The lowest BCUT2D eigenvalue weighted by molar-refractivity contribution is -0.272. The van der Waals surface area contributed by atoms with Crippen LogP contribution in [0.4, 0.5) is 0 Å². The number of ether oxygens (including phenoxy) is 9. The summed E-state index contributed by atoms with van der Waals surface area (Å²) in [5.41, 5.74) is 0. The van der Waals surface area contributed by atoms with Crippen LogP contribution in [0.15, 0.2) is 0 Å². The van der Waals surface area contributed by atoms with E-state index in [9.17, 15) is 93.7 Å². The fourth-order valence-electron chi connectivity index (χ4n) is 9.99. The van der Waals surface area contributed by atoms with Crippen LogP contribution in [0, 0.1) is 0 Å². The average molecular weight is 1420 g/mol. The maximum Gasteiger partial charge on any atom is 0.316 e. The molecule has 0 spiro atoms. The van der Waals surface area contributed by atoms with Gasteiger partial charge in [0.1, 0.15) is 85.1 Å². The van der Waals surface area contributed by atoms with Crippen molar-refractivity contribution in [3.63, 3.8) is 0 Å². The summed E-state index contributed by atoms with van der Waals surface area (Å²) in [6.45, 7) is 0.591. The summed E-state index contributed by atoms with van der Waals surface area (Å²) in [7, 11) is -3.00. The Morgan fingerprint density at radius 1 is 0.402 bits per heavy atom. The van der Waals surface area contributed by atoms with Crippen molar-refractivity contribution in [3.05, 3.63) is 0 Å². The number of aliphatic hydroxyl groups is 9. The number of hydrogen-bond donors (Lipinski definition) is 19. The summed E-state index contributed by atoms with van der Waals surface area (Å²) >= 11 is 0. The molecule has 16 unspecified atom stereocenters. The minimum atomic E-state index is -3.00. The van der Waals surface area contributed by atoms with E-state index in [2.05, 4.69) is 52.4 Å². The first-order valence-electron chi connectivity index (χ1n) is 32.1. The third-order valence-corrected chi connectivity index (χ3v) is 15.4. The van der Waals surface area contributed by atoms with Crippen molar-refractivity contribution in [2.45, 2.75) is 195 Å². The van der Waals surface area contributed by atoms with Gasteiger partial charge in [-0.2, -0.15) is 0 Å². The van der Waals surface area contributed by atoms with E-state index < -0.39 is 186 Å². The SMILES string of the molecule is CC(=O)NC1C(OCCOCCNC(=O)CC[C@H](NC(=O)CC[C@H](NC(=O)CCCC(=O)NCCCCCCO[PH](=O)O)C(=O)NCCOCCOC2OC(CO)C(O)C(O)C2NC(C)=O)C(=O)NCCOCCOC2OC(CO)C(O)C(O)C2NC(C)=O)OC(CO)C(O)C1O. The predicted molar refractivity (Wildman–Crippen MR) is 330 cm³/mol. The molecule has 39 nitrogen and oxygen atoms in total. The molecule has 18 atom stereocenters. The van der Waals surface area contributed by atoms with E-state index in [1.54, 1.807) is 0 Å². The van der Waals surface area contributed by atoms with Crippen LogP contribution in [-0.4, -0.2) is 320 Å². The topological polar surface area (TPSA) is 574 Å². The fraction of sp³-hybridized carbons (Fsp3) is 0.842. The summed E-state index contributed by atoms with van der Waals surface area (Å²) in [6.07, 6.45) is -15.7. The van der Waals surface area contributed by atoms with E-state index in [0.717, 1.165) is 6.42 Å². The molecule has 0 saturated carbocycles. The summed E-state index contributed by atoms with van der Waals surface area (Å²) in [5.74, 6) is -5.52. The third kappa shape index (κ3) is 33.6. The van der Waals surface area contributed by atoms with E-state index in [-0.39, 0.29) is 130 Å². The Labute approximate surface area is 561 Å². The van der Waals surface area contributed by atoms with Crippen LogP contribution in [-0.2, 0) is 94.9 Å². The van der Waals surface area contributed by atoms with Crippen LogP contribution in [0.5, 0.6) is 0 Å². The minimum absolute atomic E-state index is 0.0386. The van der Waals surface area contributed by atoms with Gasteiger partial charge < -0.3 is 146 Å². The standard InChI is InChI=1S/C57H102N9O30P/c1-32(70)62-44-50(80)47(77)37(29-67)94-55(44)90-26-23-87-20-16-59-41(74)13-11-35(53(83)60-17-21-88-24-27-91-56-45(63-33(2)71)51(81)48(78)38(30-68)95-56)66-43(76)14-12-36(65-42(75)10-8-9-40(73)58-15-6-4-5-7-19-93-97(85)86)54(84)61-18-22-89-25-28-92-57-46(64-34(3)72)52(82)49(79)39(31-69)96-57/h35-39,44-52,55-57,67-69,77-82,97H,4-31H2,1-3H3,(H,58,73)(H,59,74)(H,60,83)(H,61,84)(H,62,70)(H,63,71)(H,64,72)(H,65,75)(H,66,76)(H,85,86)/t35-,36-,37?,38?,39?,44?,45?,46?,47?,48?,49?,50?,51?,52?,55?,56?,57?/m0/s1. The first-order valence-corrected chi connectivity index (χ1v) is 33.4. The molecule has 3 rings (SSSR count). The number of rotatable bonds is 49. The smallest absolute Gasteiger partial charge is 0.316 e. The number of hydrogen-bond acceptors (Lipinski definition) is 29. The summed E-state index contributed by atoms with van der Waals surface area (Å²) < 4.78 is 65.5. The van der Waals surface area contributed by atoms with Crippen LogP contribution in [0.2, 0.25) is 0 Å². The molecule has 560 valence electrons. The molecule has 3 heterocycles. The van der Waals surface area contributed by atoms with Gasteiger partial charge in [0.15, 0.2) is 18.9 Å². The van der Waals surface area contributed by atoms with Gasteiger partial charge in [-0.1, -0.05) is 12.8 Å². The largest absolute Gasteiger partial charge is 0.394 e. The van der Waals surface area contributed by atoms with Gasteiger partial charge in [-0.25, -0.2) is 0 Å². The number of aliphatic hydroxyl groups excluding tert-OH is 9. The highest BCUT2D eigenvalue weighted by Gasteiger charge is 2.48. The summed E-state index contributed by atoms with van der Waals surface area (Å²) in [4.78, 5) is 124. The first-order chi connectivity index (χ1) is 46.3. The Morgan fingerprint density at radius 3 is 1.12 bits per heavy atom. The lowest BCUT2D eigenvalue weighted by Gasteiger charge is -2.42. The number of amides is 9. The zero-order valence-corrected chi connectivity index (χ0v) is 55.8. The fourth-order valence-corrected chi connectivity index (χ4v) is 10.3. The second-order valence-corrected chi connectivity index (χ2v) is 23.6. The van der Waals surface area contributed by atoms with Gasteiger partial charge in [0.2, 0.25) is 53.2 Å². The highest BCUT2D eigenvalue weighted by Crippen LogP contribution is 2.25. The molecular weight excluding hydrogens is 1320 g/mol. The lowest BCUT2D eigenvalue weighted by Crippen LogP contribution is -2.64. The monoisotopic (exact) mass is 1420 g/mol. The van der Waals surface area contributed by atoms with Gasteiger partial charge in [0, 0.05) is 72.6 Å². The quantitative estimate of drug-likeness (QED) is 0.0199. The van der Waals surface area contributed by atoms with E-state index in [1.165, 1.54) is 20.8 Å². The van der Waals surface area contributed by atoms with Gasteiger partial charge in [-0.3, -0.25) is 47.7 Å². The van der Waals surface area contributed by atoms with Gasteiger partial charge in [0.05, 0.1) is 85.9 Å². The van der Waals surface area contributed by atoms with Crippen LogP contribution in [0.1, 0.15) is 91.4 Å². The van der Waals surface area contributed by atoms with Crippen LogP contribution >= 0.6 is 8.25 Å². The molecule has 0 bridgehead atoms. The number of nitrogens with one attached hydrogen (secondary N) is 9. The Morgan fingerprint density at radius 2 is 0.742 bits per heavy atom. The molecule has 9 amide bonds. The van der Waals surface area contributed by atoms with E-state index in [4.69, 9.17) is 47.5 Å². The van der Waals surface area contributed by atoms with Crippen molar-refractivity contribution in [2.24, 2.45) is 0 Å². The zero-order valence-electron chi connectivity index (χ0n) is 54.8. The molecule has 3 fully saturated rings. The number of carbonyl (C=O) groups is 9. The minimum Gasteiger partial charge on any atom is -0.394 e. The highest BCUT2D eigenvalue weighted by molar-refractivity contribution is 7.32. The maximum atomic E-state index is 13.7. The first kappa shape index (κ1) is 85.9. The van der Waals surface area contributed by atoms with Crippen LogP contribution < -0.4 is 47.9 Å². The second kappa shape index (κ2) is 48.4. The van der Waals surface area contributed by atoms with Gasteiger partial charge in [-0.15, -0.1) is 0 Å². The number of carbonyl (C=O) groups excluding carboxylic acids is 9. The lowest BCUT2D eigenvalue weighted by atomic mass is 9.97. The van der Waals surface area contributed by atoms with Gasteiger partial charge >= 0.3 is 8.25 Å². The Kier molecular flexibility index (Phi) is 42.9. The third-order valence-electron chi connectivity index (χ3n) is 15.0. The molecule has 3 saturated heterocycles. The highest BCUT2D eigenvalue weighted by atomic mass is 31.1. The molecule has 0 aliphatic carbocycles. The van der Waals surface area contributed by atoms with Crippen molar-refractivity contribution < 1.29 is 146 Å². The molecule has 97 heavy (non-hydrogen) atoms. The predicted octanol–water partition coefficient (Wildman–Crippen LogP) is -8.96. The Bertz CT molecular complexity index is 2400. The normalized spacial score (nSPS) is 26.5. The van der Waals surface area contributed by atoms with Crippen molar-refractivity contribution in [3.8, 4) is 0 Å². The van der Waals surface area contributed by atoms with Crippen molar-refractivity contribution in [1.82, 2.24) is 47.9 Å². The van der Waals surface area contributed by atoms with Gasteiger partial charge in [0.25, 0.3) is 0 Å². The molecule has 3 aliphatic heterocycles. The second-order valence-electron chi connectivity index (χ2n) is 22.7. The van der Waals surface area contributed by atoms with Crippen molar-refractivity contribution in [2.75, 3.05) is 112 Å². The molecule has 19 N–H and O–H groups in total. The molecule has 0 aromatic rings. The maximum absolute atomic E-state index is 13.7. The van der Waals surface area contributed by atoms with Crippen LogP contribution in [0.25, 0.3) is 0 Å². The molecule has 3 aliphatic rings. The summed E-state index contributed by atoms with van der Waals surface area (Å²) in [6, 6.07) is -6.32.